The van der Waals surface area contributed by atoms with Gasteiger partial charge in [0, 0.05) is 56.8 Å². The van der Waals surface area contributed by atoms with E-state index in [1.807, 2.05) is 6.07 Å². The number of nitriles is 1. The minimum Gasteiger partial charge on any atom is -0.470 e. The Morgan fingerprint density at radius 1 is 1.11 bits per heavy atom. The number of carbonyl (C=O) groups excluding carboxylic acids is 1. The number of pyridine rings is 2. The van der Waals surface area contributed by atoms with Crippen LogP contribution in [0.3, 0.4) is 0 Å². The largest absolute Gasteiger partial charge is 0.470 e. The third kappa shape index (κ3) is 5.47. The Labute approximate surface area is 231 Å². The van der Waals surface area contributed by atoms with Crippen LogP contribution in [0, 0.1) is 11.3 Å². The van der Waals surface area contributed by atoms with E-state index < -0.39 is 22.0 Å². The third-order valence-corrected chi connectivity index (χ3v) is 8.71. The van der Waals surface area contributed by atoms with Crippen molar-refractivity contribution in [2.24, 2.45) is 0 Å². The van der Waals surface area contributed by atoms with Gasteiger partial charge in [0.05, 0.1) is 21.2 Å². The zero-order chi connectivity index (χ0) is 27.6. The molecule has 1 aliphatic rings. The highest BCUT2D eigenvalue weighted by Crippen LogP contribution is 2.39. The number of likely N-dealkylation sites (tertiary alicyclic amines) is 1. The fourth-order valence-electron chi connectivity index (χ4n) is 4.19. The maximum absolute atomic E-state index is 13.9. The predicted molar refractivity (Wildman–Crippen MR) is 144 cm³/mol. The van der Waals surface area contributed by atoms with Crippen molar-refractivity contribution in [1.82, 2.24) is 19.2 Å². The molecule has 1 fully saturated rings. The van der Waals surface area contributed by atoms with E-state index in [1.54, 1.807) is 42.2 Å². The highest BCUT2D eigenvalue weighted by atomic mass is 35.5. The van der Waals surface area contributed by atoms with Gasteiger partial charge in [-0.3, -0.25) is 4.79 Å². The summed E-state index contributed by atoms with van der Waals surface area (Å²) in [6, 6.07) is 9.97. The Morgan fingerprint density at radius 2 is 1.82 bits per heavy atom. The van der Waals surface area contributed by atoms with E-state index in [0.29, 0.717) is 40.4 Å². The Hall–Kier alpha value is -3.23. The zero-order valence-electron chi connectivity index (χ0n) is 21.0. The highest BCUT2D eigenvalue weighted by Gasteiger charge is 2.35. The highest BCUT2D eigenvalue weighted by molar-refractivity contribution is 7.89. The predicted octanol–water partition coefficient (Wildman–Crippen LogP) is 4.95. The molecular weight excluding hydrogens is 549 g/mol. The zero-order valence-corrected chi connectivity index (χ0v) is 23.3. The van der Waals surface area contributed by atoms with Crippen LogP contribution in [0.15, 0.2) is 47.8 Å². The SMILES string of the molecule is CC(Oc1ccc(C#N)cn1)c1cnc(S(=O)(=O)N(C)C)c(C(=O)N2CCCC2)c1-c1ccc(Cl)c(Cl)c1. The molecule has 1 aromatic carbocycles. The summed E-state index contributed by atoms with van der Waals surface area (Å²) in [5.41, 5.74) is 1.59. The van der Waals surface area contributed by atoms with E-state index in [-0.39, 0.29) is 21.5 Å². The van der Waals surface area contributed by atoms with Gasteiger partial charge in [0.25, 0.3) is 15.9 Å². The van der Waals surface area contributed by atoms with Crippen molar-refractivity contribution in [3.8, 4) is 23.1 Å². The molecule has 0 aliphatic carbocycles. The lowest BCUT2D eigenvalue weighted by atomic mass is 9.93. The first-order valence-electron chi connectivity index (χ1n) is 11.8. The monoisotopic (exact) mass is 573 g/mol. The van der Waals surface area contributed by atoms with Gasteiger partial charge >= 0.3 is 0 Å². The number of sulfonamides is 1. The Kier molecular flexibility index (Phi) is 8.23. The van der Waals surface area contributed by atoms with Crippen molar-refractivity contribution in [3.63, 3.8) is 0 Å². The number of hydrogen-bond acceptors (Lipinski definition) is 7. The van der Waals surface area contributed by atoms with E-state index in [1.165, 1.54) is 26.5 Å². The Balaban J connectivity index is 1.98. The molecule has 1 saturated heterocycles. The van der Waals surface area contributed by atoms with E-state index in [2.05, 4.69) is 9.97 Å². The van der Waals surface area contributed by atoms with Crippen molar-refractivity contribution >= 4 is 39.1 Å². The number of carbonyl (C=O) groups is 1. The molecule has 0 saturated carbocycles. The molecule has 3 heterocycles. The molecule has 1 atom stereocenters. The number of rotatable bonds is 7. The summed E-state index contributed by atoms with van der Waals surface area (Å²) in [4.78, 5) is 24.0. The van der Waals surface area contributed by atoms with Crippen LogP contribution in [-0.2, 0) is 10.0 Å². The summed E-state index contributed by atoms with van der Waals surface area (Å²) >= 11 is 12.5. The maximum Gasteiger partial charge on any atom is 0.260 e. The molecule has 38 heavy (non-hydrogen) atoms. The lowest BCUT2D eigenvalue weighted by Crippen LogP contribution is -2.33. The minimum atomic E-state index is -4.11. The van der Waals surface area contributed by atoms with Crippen LogP contribution in [0.4, 0.5) is 0 Å². The van der Waals surface area contributed by atoms with Gasteiger partial charge in [-0.1, -0.05) is 29.3 Å². The summed E-state index contributed by atoms with van der Waals surface area (Å²) in [6.45, 7) is 2.75. The Bertz CT molecular complexity index is 1520. The van der Waals surface area contributed by atoms with Gasteiger partial charge in [-0.25, -0.2) is 22.7 Å². The van der Waals surface area contributed by atoms with Crippen LogP contribution in [0.2, 0.25) is 10.0 Å². The first-order valence-corrected chi connectivity index (χ1v) is 14.0. The second-order valence-electron chi connectivity index (χ2n) is 8.94. The summed E-state index contributed by atoms with van der Waals surface area (Å²) in [6.07, 6.45) is 3.70. The second kappa shape index (κ2) is 11.3. The molecule has 0 bridgehead atoms. The fraction of sp³-hybridized carbons (Fsp3) is 0.308. The van der Waals surface area contributed by atoms with Crippen molar-refractivity contribution in [2.75, 3.05) is 27.2 Å². The van der Waals surface area contributed by atoms with Crippen LogP contribution in [0.1, 0.15) is 47.4 Å². The van der Waals surface area contributed by atoms with E-state index in [4.69, 9.17) is 33.2 Å². The van der Waals surface area contributed by atoms with Crippen molar-refractivity contribution < 1.29 is 17.9 Å². The van der Waals surface area contributed by atoms with Crippen molar-refractivity contribution in [3.05, 3.63) is 69.5 Å². The van der Waals surface area contributed by atoms with Gasteiger partial charge in [0.2, 0.25) is 5.88 Å². The maximum atomic E-state index is 13.9. The normalized spacial score (nSPS) is 14.4. The van der Waals surface area contributed by atoms with Crippen LogP contribution >= 0.6 is 23.2 Å². The van der Waals surface area contributed by atoms with Gasteiger partial charge in [0.15, 0.2) is 5.03 Å². The molecule has 0 radical (unpaired) electrons. The van der Waals surface area contributed by atoms with Gasteiger partial charge < -0.3 is 9.64 Å². The first kappa shape index (κ1) is 27.8. The second-order valence-corrected chi connectivity index (χ2v) is 11.8. The smallest absolute Gasteiger partial charge is 0.260 e. The lowest BCUT2D eigenvalue weighted by molar-refractivity contribution is 0.0788. The van der Waals surface area contributed by atoms with E-state index >= 15 is 0 Å². The molecule has 198 valence electrons. The molecule has 3 aromatic rings. The van der Waals surface area contributed by atoms with Crippen LogP contribution in [0.25, 0.3) is 11.1 Å². The quantitative estimate of drug-likeness (QED) is 0.392. The molecule has 4 rings (SSSR count). The fourth-order valence-corrected chi connectivity index (χ4v) is 5.46. The number of aromatic nitrogens is 2. The molecule has 9 nitrogen and oxygen atoms in total. The standard InChI is InChI=1S/C26H25Cl2N5O4S/c1-16(37-22-9-6-17(13-29)14-30-22)19-15-31-25(38(35,36)32(2)3)24(26(34)33-10-4-5-11-33)23(19)18-7-8-20(27)21(28)12-18/h6-9,12,14-16H,4-5,10-11H2,1-3H3. The minimum absolute atomic E-state index is 0.0558. The number of hydrogen-bond donors (Lipinski definition) is 0. The number of amides is 1. The average molecular weight is 574 g/mol. The topological polar surface area (TPSA) is 116 Å². The summed E-state index contributed by atoms with van der Waals surface area (Å²) in [5, 5.41) is 9.25. The molecule has 2 aromatic heterocycles. The first-order chi connectivity index (χ1) is 18.0. The van der Waals surface area contributed by atoms with Crippen molar-refractivity contribution in [2.45, 2.75) is 30.9 Å². The molecule has 12 heteroatoms. The number of halogens is 2. The Morgan fingerprint density at radius 3 is 2.39 bits per heavy atom. The van der Waals surface area contributed by atoms with Gasteiger partial charge in [-0.05, 0) is 43.5 Å². The van der Waals surface area contributed by atoms with E-state index in [0.717, 1.165) is 17.1 Å². The van der Waals surface area contributed by atoms with Crippen LogP contribution in [0.5, 0.6) is 5.88 Å². The number of nitrogens with zero attached hydrogens (tertiary/aromatic N) is 5. The molecule has 0 spiro atoms. The molecule has 1 aliphatic heterocycles. The molecule has 1 unspecified atom stereocenters. The summed E-state index contributed by atoms with van der Waals surface area (Å²) < 4.78 is 33.8. The number of ether oxygens (including phenoxy) is 1. The van der Waals surface area contributed by atoms with Gasteiger partial charge in [0.1, 0.15) is 12.2 Å². The molecular formula is C26H25Cl2N5O4S. The summed E-state index contributed by atoms with van der Waals surface area (Å²) in [5.74, 6) is -0.198. The van der Waals surface area contributed by atoms with Gasteiger partial charge in [-0.15, -0.1) is 0 Å². The lowest BCUT2D eigenvalue weighted by Gasteiger charge is -2.25. The molecule has 1 amide bonds. The van der Waals surface area contributed by atoms with Gasteiger partial charge in [-0.2, -0.15) is 5.26 Å². The molecule has 0 N–H and O–H groups in total. The van der Waals surface area contributed by atoms with E-state index in [9.17, 15) is 13.2 Å². The summed E-state index contributed by atoms with van der Waals surface area (Å²) in [7, 11) is -1.34. The van der Waals surface area contributed by atoms with Crippen LogP contribution < -0.4 is 4.74 Å². The van der Waals surface area contributed by atoms with Crippen molar-refractivity contribution in [1.29, 1.82) is 5.26 Å². The number of benzene rings is 1. The average Bonchev–Trinajstić information content (AvgIpc) is 3.44. The van der Waals surface area contributed by atoms with Crippen LogP contribution in [-0.4, -0.2) is 60.7 Å². The third-order valence-electron chi connectivity index (χ3n) is 6.21.